The summed E-state index contributed by atoms with van der Waals surface area (Å²) in [5.41, 5.74) is 4.33. The van der Waals surface area contributed by atoms with E-state index in [1.165, 1.54) is 6.20 Å². The minimum absolute atomic E-state index is 0.127. The smallest absolute Gasteiger partial charge is 0.276 e. The average molecular weight is 560 g/mol. The van der Waals surface area contributed by atoms with Gasteiger partial charge in [0.05, 0.1) is 17.4 Å². The van der Waals surface area contributed by atoms with Crippen molar-refractivity contribution in [1.82, 2.24) is 30.4 Å². The second-order valence-corrected chi connectivity index (χ2v) is 10.9. The van der Waals surface area contributed by atoms with Gasteiger partial charge in [0, 0.05) is 61.9 Å². The summed E-state index contributed by atoms with van der Waals surface area (Å²) in [5.74, 6) is -3.20. The number of nitrogens with one attached hydrogen (secondary N) is 3. The number of H-pyrrole nitrogens is 1. The number of halogens is 2. The molecule has 6 rings (SSSR count). The molecule has 4 aromatic rings. The van der Waals surface area contributed by atoms with E-state index in [1.54, 1.807) is 24.5 Å². The Balaban J connectivity index is 1.14. The second-order valence-electron chi connectivity index (χ2n) is 10.9. The molecule has 2 aliphatic rings. The Hall–Kier alpha value is -4.25. The van der Waals surface area contributed by atoms with Crippen LogP contribution in [0.3, 0.4) is 0 Å². The van der Waals surface area contributed by atoms with Gasteiger partial charge >= 0.3 is 0 Å². The maximum atomic E-state index is 13.5. The van der Waals surface area contributed by atoms with Gasteiger partial charge in [0.25, 0.3) is 17.7 Å². The molecule has 1 aromatic carbocycles. The van der Waals surface area contributed by atoms with Crippen molar-refractivity contribution in [2.45, 2.75) is 57.0 Å². The average Bonchev–Trinajstić information content (AvgIpc) is 3.64. The summed E-state index contributed by atoms with van der Waals surface area (Å²) in [6, 6.07) is 11.1. The minimum atomic E-state index is -2.58. The van der Waals surface area contributed by atoms with Crippen molar-refractivity contribution in [2.24, 2.45) is 0 Å². The molecular weight excluding hydrogens is 528 g/mol. The largest absolute Gasteiger partial charge is 0.348 e. The number of piperidine rings is 1. The number of anilines is 1. The number of hydrogen-bond acceptors (Lipinski definition) is 6. The van der Waals surface area contributed by atoms with Crippen molar-refractivity contribution in [3.05, 3.63) is 71.9 Å². The van der Waals surface area contributed by atoms with E-state index in [1.807, 2.05) is 29.2 Å². The van der Waals surface area contributed by atoms with Crippen LogP contribution < -0.4 is 10.6 Å². The third-order valence-corrected chi connectivity index (χ3v) is 7.84. The van der Waals surface area contributed by atoms with Gasteiger partial charge in [-0.25, -0.2) is 13.8 Å². The van der Waals surface area contributed by atoms with Gasteiger partial charge in [-0.15, -0.1) is 0 Å². The monoisotopic (exact) mass is 559 g/mol. The van der Waals surface area contributed by atoms with Crippen molar-refractivity contribution >= 4 is 28.4 Å². The number of pyridine rings is 2. The van der Waals surface area contributed by atoms with E-state index in [0.29, 0.717) is 41.9 Å². The number of nitrogens with zero attached hydrogens (tertiary/aromatic N) is 4. The molecule has 0 spiro atoms. The van der Waals surface area contributed by atoms with Crippen LogP contribution in [0.1, 0.15) is 65.1 Å². The number of likely N-dealkylation sites (tertiary alicyclic amines) is 1. The molecule has 1 saturated heterocycles. The summed E-state index contributed by atoms with van der Waals surface area (Å²) in [5, 5.41) is 13.6. The normalized spacial score (nSPS) is 17.5. The molecule has 1 saturated carbocycles. The first kappa shape index (κ1) is 26.9. The van der Waals surface area contributed by atoms with Crippen LogP contribution in [0.15, 0.2) is 55.0 Å². The molecule has 1 aliphatic heterocycles. The highest BCUT2D eigenvalue weighted by atomic mass is 19.3. The van der Waals surface area contributed by atoms with Crippen LogP contribution in [0.4, 0.5) is 14.5 Å². The Morgan fingerprint density at radius 2 is 1.78 bits per heavy atom. The summed E-state index contributed by atoms with van der Waals surface area (Å²) < 4.78 is 27.1. The van der Waals surface area contributed by atoms with Gasteiger partial charge in [-0.1, -0.05) is 18.9 Å². The number of fused-ring (bicyclic) bond motifs is 1. The quantitative estimate of drug-likeness (QED) is 0.288. The molecule has 0 unspecified atom stereocenters. The van der Waals surface area contributed by atoms with E-state index in [2.05, 4.69) is 30.8 Å². The summed E-state index contributed by atoms with van der Waals surface area (Å²) in [6.07, 6.45) is 8.93. The van der Waals surface area contributed by atoms with Crippen LogP contribution in [0.5, 0.6) is 0 Å². The number of rotatable bonds is 7. The molecule has 2 amide bonds. The standard InChI is InChI=1S/C30H31F2N7O2/c31-30(32)9-11-39(12-10-30)18-19-13-21(16-33-15-19)20-5-7-25-24(14-20)27(38-37-25)29(41)36-23-6-8-26(34-17-23)28(40)35-22-3-1-2-4-22/h5-8,13-17,22H,1-4,9-12,18H2,(H,35,40)(H,36,41)(H,37,38). The third kappa shape index (κ3) is 6.25. The van der Waals surface area contributed by atoms with E-state index in [0.717, 1.165) is 42.4 Å². The zero-order valence-electron chi connectivity index (χ0n) is 22.5. The fraction of sp³-hybridized carbons (Fsp3) is 0.367. The number of hydrogen-bond donors (Lipinski definition) is 3. The minimum Gasteiger partial charge on any atom is -0.348 e. The molecule has 0 bridgehead atoms. The van der Waals surface area contributed by atoms with Crippen molar-refractivity contribution in [1.29, 1.82) is 0 Å². The summed E-state index contributed by atoms with van der Waals surface area (Å²) in [7, 11) is 0. The Morgan fingerprint density at radius 3 is 2.54 bits per heavy atom. The van der Waals surface area contributed by atoms with Crippen LogP contribution in [0.2, 0.25) is 0 Å². The van der Waals surface area contributed by atoms with Gasteiger partial charge < -0.3 is 10.6 Å². The molecule has 2 fully saturated rings. The van der Waals surface area contributed by atoms with Crippen molar-refractivity contribution in [2.75, 3.05) is 18.4 Å². The highest BCUT2D eigenvalue weighted by Gasteiger charge is 2.33. The second kappa shape index (κ2) is 11.3. The summed E-state index contributed by atoms with van der Waals surface area (Å²) in [6.45, 7) is 1.25. The molecule has 0 atom stereocenters. The predicted molar refractivity (Wildman–Crippen MR) is 151 cm³/mol. The van der Waals surface area contributed by atoms with Gasteiger partial charge in [-0.2, -0.15) is 5.10 Å². The van der Waals surface area contributed by atoms with Crippen LogP contribution >= 0.6 is 0 Å². The number of benzene rings is 1. The van der Waals surface area contributed by atoms with Gasteiger partial charge in [0.1, 0.15) is 5.69 Å². The van der Waals surface area contributed by atoms with Crippen LogP contribution in [0, 0.1) is 0 Å². The summed E-state index contributed by atoms with van der Waals surface area (Å²) in [4.78, 5) is 36.2. The van der Waals surface area contributed by atoms with Gasteiger partial charge in [-0.3, -0.25) is 24.6 Å². The van der Waals surface area contributed by atoms with E-state index >= 15 is 0 Å². The first-order valence-electron chi connectivity index (χ1n) is 13.9. The zero-order valence-corrected chi connectivity index (χ0v) is 22.5. The Morgan fingerprint density at radius 1 is 0.976 bits per heavy atom. The lowest BCUT2D eigenvalue weighted by Crippen LogP contribution is -2.38. The maximum Gasteiger partial charge on any atom is 0.276 e. The first-order chi connectivity index (χ1) is 19.8. The maximum absolute atomic E-state index is 13.5. The third-order valence-electron chi connectivity index (χ3n) is 7.84. The predicted octanol–water partition coefficient (Wildman–Crippen LogP) is 5.18. The number of aromatic amines is 1. The topological polar surface area (TPSA) is 116 Å². The number of alkyl halides is 2. The van der Waals surface area contributed by atoms with Crippen LogP contribution in [-0.2, 0) is 6.54 Å². The van der Waals surface area contributed by atoms with E-state index in [4.69, 9.17) is 0 Å². The van der Waals surface area contributed by atoms with Crippen LogP contribution in [-0.4, -0.2) is 61.9 Å². The molecular formula is C30H31F2N7O2. The lowest BCUT2D eigenvalue weighted by atomic mass is 10.0. The van der Waals surface area contributed by atoms with Crippen molar-refractivity contribution in [3.63, 3.8) is 0 Å². The fourth-order valence-electron chi connectivity index (χ4n) is 5.52. The van der Waals surface area contributed by atoms with Crippen LogP contribution in [0.25, 0.3) is 22.0 Å². The van der Waals surface area contributed by atoms with E-state index in [-0.39, 0.29) is 30.5 Å². The molecule has 1 aliphatic carbocycles. The Kier molecular flexibility index (Phi) is 7.44. The lowest BCUT2D eigenvalue weighted by molar-refractivity contribution is -0.0566. The molecule has 3 N–H and O–H groups in total. The lowest BCUT2D eigenvalue weighted by Gasteiger charge is -2.31. The molecule has 4 heterocycles. The number of amides is 2. The Bertz CT molecular complexity index is 1550. The first-order valence-corrected chi connectivity index (χ1v) is 13.9. The number of carbonyl (C=O) groups excluding carboxylic acids is 2. The molecule has 11 heteroatoms. The molecule has 41 heavy (non-hydrogen) atoms. The fourth-order valence-corrected chi connectivity index (χ4v) is 5.52. The van der Waals surface area contributed by atoms with E-state index < -0.39 is 11.8 Å². The zero-order chi connectivity index (χ0) is 28.4. The van der Waals surface area contributed by atoms with E-state index in [9.17, 15) is 18.4 Å². The van der Waals surface area contributed by atoms with Gasteiger partial charge in [-0.05, 0) is 54.3 Å². The Labute approximate surface area is 235 Å². The number of carbonyl (C=O) groups is 2. The van der Waals surface area contributed by atoms with Crippen molar-refractivity contribution in [3.8, 4) is 11.1 Å². The number of aromatic nitrogens is 4. The highest BCUT2D eigenvalue weighted by molar-refractivity contribution is 6.11. The SMILES string of the molecule is O=C(NC1CCCC1)c1ccc(NC(=O)c2n[nH]c3ccc(-c4cncc(CN5CCC(F)(F)CC5)c4)cc23)cn1. The summed E-state index contributed by atoms with van der Waals surface area (Å²) >= 11 is 0. The molecule has 212 valence electrons. The molecule has 9 nitrogen and oxygen atoms in total. The molecule has 3 aromatic heterocycles. The van der Waals surface area contributed by atoms with Gasteiger partial charge in [0.2, 0.25) is 0 Å². The van der Waals surface area contributed by atoms with Gasteiger partial charge in [0.15, 0.2) is 5.69 Å². The molecule has 0 radical (unpaired) electrons. The van der Waals surface area contributed by atoms with Crippen molar-refractivity contribution < 1.29 is 18.4 Å². The highest BCUT2D eigenvalue weighted by Crippen LogP contribution is 2.30.